The maximum atomic E-state index is 8.90. The van der Waals surface area contributed by atoms with E-state index in [2.05, 4.69) is 32.0 Å². The van der Waals surface area contributed by atoms with Crippen LogP contribution < -0.4 is 0 Å². The number of aromatic nitrogens is 3. The first-order chi connectivity index (χ1) is 9.26. The lowest BCUT2D eigenvalue weighted by molar-refractivity contribution is 0.814. The van der Waals surface area contributed by atoms with Gasteiger partial charge in [-0.1, -0.05) is 12.1 Å². The molecule has 3 rings (SSSR count). The molecule has 0 saturated carbocycles. The van der Waals surface area contributed by atoms with Gasteiger partial charge < -0.3 is 4.57 Å². The predicted octanol–water partition coefficient (Wildman–Crippen LogP) is 3.11. The summed E-state index contributed by atoms with van der Waals surface area (Å²) in [5.74, 6) is 0. The highest BCUT2D eigenvalue weighted by atomic mass is 79.9. The van der Waals surface area contributed by atoms with E-state index in [0.29, 0.717) is 12.1 Å². The van der Waals surface area contributed by atoms with E-state index in [1.807, 2.05) is 28.8 Å². The van der Waals surface area contributed by atoms with Crippen molar-refractivity contribution in [2.24, 2.45) is 0 Å². The van der Waals surface area contributed by atoms with E-state index in [9.17, 15) is 0 Å². The molecule has 0 bridgehead atoms. The zero-order valence-electron chi connectivity index (χ0n) is 9.92. The van der Waals surface area contributed by atoms with Crippen molar-refractivity contribution in [1.82, 2.24) is 14.5 Å². The van der Waals surface area contributed by atoms with Crippen molar-refractivity contribution in [2.75, 3.05) is 0 Å². The molecule has 92 valence electrons. The minimum absolute atomic E-state index is 0.653. The summed E-state index contributed by atoms with van der Waals surface area (Å²) in [6.07, 6.45) is 3.52. The molecule has 1 aromatic carbocycles. The fraction of sp³-hybridized carbons (Fsp3) is 0.0714. The van der Waals surface area contributed by atoms with Crippen LogP contribution in [0.1, 0.15) is 11.1 Å². The van der Waals surface area contributed by atoms with Crippen LogP contribution in [0.2, 0.25) is 0 Å². The molecule has 0 aliphatic carbocycles. The van der Waals surface area contributed by atoms with E-state index in [1.165, 1.54) is 0 Å². The zero-order valence-corrected chi connectivity index (χ0v) is 11.5. The molecule has 0 N–H and O–H groups in total. The molecule has 19 heavy (non-hydrogen) atoms. The Hall–Kier alpha value is -2.19. The quantitative estimate of drug-likeness (QED) is 0.730. The number of hydrogen-bond donors (Lipinski definition) is 0. The van der Waals surface area contributed by atoms with E-state index in [4.69, 9.17) is 5.26 Å². The highest BCUT2D eigenvalue weighted by Gasteiger charge is 2.05. The molecule has 5 heteroatoms. The number of fused-ring (bicyclic) bond motifs is 1. The monoisotopic (exact) mass is 312 g/mol. The molecule has 0 amide bonds. The van der Waals surface area contributed by atoms with Crippen molar-refractivity contribution in [3.63, 3.8) is 0 Å². The first-order valence-corrected chi connectivity index (χ1v) is 6.51. The lowest BCUT2D eigenvalue weighted by Gasteiger charge is -2.04. The summed E-state index contributed by atoms with van der Waals surface area (Å²) in [6, 6.07) is 11.6. The van der Waals surface area contributed by atoms with E-state index in [1.54, 1.807) is 18.6 Å². The Morgan fingerprint density at radius 3 is 3.00 bits per heavy atom. The fourth-order valence-corrected chi connectivity index (χ4v) is 2.30. The third kappa shape index (κ3) is 2.35. The maximum absolute atomic E-state index is 8.90. The molecule has 0 radical (unpaired) electrons. The van der Waals surface area contributed by atoms with Crippen molar-refractivity contribution in [2.45, 2.75) is 6.54 Å². The van der Waals surface area contributed by atoms with Crippen molar-refractivity contribution < 1.29 is 0 Å². The molecule has 4 nitrogen and oxygen atoms in total. The number of pyridine rings is 1. The zero-order chi connectivity index (χ0) is 13.2. The second kappa shape index (κ2) is 4.82. The van der Waals surface area contributed by atoms with Gasteiger partial charge in [-0.05, 0) is 39.7 Å². The van der Waals surface area contributed by atoms with Crippen molar-refractivity contribution >= 4 is 27.1 Å². The number of rotatable bonds is 2. The normalized spacial score (nSPS) is 10.5. The van der Waals surface area contributed by atoms with Gasteiger partial charge in [0, 0.05) is 10.7 Å². The van der Waals surface area contributed by atoms with Crippen LogP contribution in [0.5, 0.6) is 0 Å². The second-order valence-corrected chi connectivity index (χ2v) is 5.10. The Balaban J connectivity index is 1.99. The third-order valence-electron chi connectivity index (χ3n) is 2.83. The van der Waals surface area contributed by atoms with Crippen LogP contribution >= 0.6 is 15.9 Å². The van der Waals surface area contributed by atoms with Crippen LogP contribution in [0.4, 0.5) is 0 Å². The fourth-order valence-electron chi connectivity index (χ4n) is 1.98. The van der Waals surface area contributed by atoms with Crippen LogP contribution in [0, 0.1) is 11.3 Å². The Labute approximate surface area is 118 Å². The Morgan fingerprint density at radius 1 is 1.26 bits per heavy atom. The summed E-state index contributed by atoms with van der Waals surface area (Å²) in [7, 11) is 0. The average molecular weight is 313 g/mol. The molecule has 3 aromatic rings. The van der Waals surface area contributed by atoms with Gasteiger partial charge in [-0.3, -0.25) is 0 Å². The van der Waals surface area contributed by atoms with Crippen LogP contribution in [0.25, 0.3) is 11.2 Å². The summed E-state index contributed by atoms with van der Waals surface area (Å²) in [6.45, 7) is 0.653. The lowest BCUT2D eigenvalue weighted by Crippen LogP contribution is -1.99. The molecular formula is C14H9BrN4. The van der Waals surface area contributed by atoms with E-state index < -0.39 is 0 Å². The minimum atomic E-state index is 0.653. The second-order valence-electron chi connectivity index (χ2n) is 4.18. The first-order valence-electron chi connectivity index (χ1n) is 5.72. The molecule has 0 saturated heterocycles. The van der Waals surface area contributed by atoms with Crippen LogP contribution in [0.15, 0.2) is 47.3 Å². The van der Waals surface area contributed by atoms with Crippen LogP contribution in [-0.4, -0.2) is 14.5 Å². The van der Waals surface area contributed by atoms with Crippen LogP contribution in [-0.2, 0) is 6.54 Å². The molecule has 0 atom stereocenters. The largest absolute Gasteiger partial charge is 0.311 e. The molecule has 0 fully saturated rings. The highest BCUT2D eigenvalue weighted by Crippen LogP contribution is 2.17. The van der Waals surface area contributed by atoms with E-state index >= 15 is 0 Å². The number of halogens is 1. The maximum Gasteiger partial charge on any atom is 0.160 e. The van der Waals surface area contributed by atoms with Gasteiger partial charge in [0.25, 0.3) is 0 Å². The van der Waals surface area contributed by atoms with Crippen molar-refractivity contribution in [3.05, 3.63) is 58.5 Å². The van der Waals surface area contributed by atoms with E-state index in [-0.39, 0.29) is 0 Å². The molecule has 0 unspecified atom stereocenters. The number of nitrogens with zero attached hydrogens (tertiary/aromatic N) is 4. The number of nitriles is 1. The Morgan fingerprint density at radius 2 is 2.16 bits per heavy atom. The highest BCUT2D eigenvalue weighted by molar-refractivity contribution is 9.10. The number of benzene rings is 1. The predicted molar refractivity (Wildman–Crippen MR) is 75.5 cm³/mol. The third-order valence-corrected chi connectivity index (χ3v) is 3.26. The average Bonchev–Trinajstić information content (AvgIpc) is 2.81. The van der Waals surface area contributed by atoms with Crippen molar-refractivity contribution in [1.29, 1.82) is 5.26 Å². The standard InChI is InChI=1S/C14H9BrN4/c15-12-5-13-14(17-7-12)19(9-18-13)8-11-3-1-2-10(4-11)6-16/h1-5,7,9H,8H2. The van der Waals surface area contributed by atoms with Gasteiger partial charge in [0.15, 0.2) is 5.65 Å². The van der Waals surface area contributed by atoms with Gasteiger partial charge in [-0.25, -0.2) is 9.97 Å². The van der Waals surface area contributed by atoms with Gasteiger partial charge in [0.2, 0.25) is 0 Å². The minimum Gasteiger partial charge on any atom is -0.311 e. The molecule has 2 heterocycles. The molecule has 0 aliphatic heterocycles. The summed E-state index contributed by atoms with van der Waals surface area (Å²) < 4.78 is 2.88. The van der Waals surface area contributed by atoms with Crippen molar-refractivity contribution in [3.8, 4) is 6.07 Å². The lowest BCUT2D eigenvalue weighted by atomic mass is 10.1. The molecule has 0 spiro atoms. The van der Waals surface area contributed by atoms with Gasteiger partial charge in [0.1, 0.15) is 5.52 Å². The van der Waals surface area contributed by atoms with Gasteiger partial charge in [-0.15, -0.1) is 0 Å². The smallest absolute Gasteiger partial charge is 0.160 e. The molecule has 2 aromatic heterocycles. The number of hydrogen-bond acceptors (Lipinski definition) is 3. The first kappa shape index (κ1) is 11.9. The van der Waals surface area contributed by atoms with Gasteiger partial charge in [0.05, 0.1) is 24.5 Å². The molecular weight excluding hydrogens is 304 g/mol. The Kier molecular flexibility index (Phi) is 3.02. The van der Waals surface area contributed by atoms with Crippen LogP contribution in [0.3, 0.4) is 0 Å². The SMILES string of the molecule is N#Cc1cccc(Cn2cnc3cc(Br)cnc32)c1. The van der Waals surface area contributed by atoms with Gasteiger partial charge >= 0.3 is 0 Å². The summed E-state index contributed by atoms with van der Waals surface area (Å²) in [4.78, 5) is 8.69. The van der Waals surface area contributed by atoms with Gasteiger partial charge in [-0.2, -0.15) is 5.26 Å². The summed E-state index contributed by atoms with van der Waals surface area (Å²) >= 11 is 3.38. The summed E-state index contributed by atoms with van der Waals surface area (Å²) in [5, 5.41) is 8.90. The Bertz CT molecular complexity index is 785. The summed E-state index contributed by atoms with van der Waals surface area (Å²) in [5.41, 5.74) is 3.41. The topological polar surface area (TPSA) is 54.5 Å². The number of imidazole rings is 1. The van der Waals surface area contributed by atoms with E-state index in [0.717, 1.165) is 21.2 Å². The molecule has 0 aliphatic rings.